The normalized spacial score (nSPS) is 13.7. The molecule has 2 aromatic carbocycles. The highest BCUT2D eigenvalue weighted by Crippen LogP contribution is 2.27. The first-order valence-electron chi connectivity index (χ1n) is 6.09. The Hall–Kier alpha value is -1.54. The largest absolute Gasteiger partial charge is 0.289 e. The zero-order chi connectivity index (χ0) is 12.5. The van der Waals surface area contributed by atoms with Gasteiger partial charge >= 0.3 is 0 Å². The predicted octanol–water partition coefficient (Wildman–Crippen LogP) is 3.74. The summed E-state index contributed by atoms with van der Waals surface area (Å²) < 4.78 is 0. The summed E-state index contributed by atoms with van der Waals surface area (Å²) in [5.41, 5.74) is 4.10. The first-order valence-corrected chi connectivity index (χ1v) is 7.31. The molecule has 1 aliphatic rings. The third-order valence-electron chi connectivity index (χ3n) is 3.49. The first-order chi connectivity index (χ1) is 8.79. The quantitative estimate of drug-likeness (QED) is 0.721. The number of hydrogen-bond acceptors (Lipinski definition) is 2. The minimum Gasteiger partial charge on any atom is -0.289 e. The van der Waals surface area contributed by atoms with Crippen LogP contribution in [0.15, 0.2) is 47.4 Å². The van der Waals surface area contributed by atoms with E-state index in [4.69, 9.17) is 0 Å². The molecule has 1 aliphatic carbocycles. The van der Waals surface area contributed by atoms with E-state index in [1.807, 2.05) is 30.5 Å². The van der Waals surface area contributed by atoms with Crippen LogP contribution < -0.4 is 0 Å². The fourth-order valence-electron chi connectivity index (χ4n) is 2.49. The number of aryl methyl sites for hydroxylation is 2. The van der Waals surface area contributed by atoms with E-state index in [0.29, 0.717) is 0 Å². The summed E-state index contributed by atoms with van der Waals surface area (Å²) in [6, 6.07) is 14.2. The van der Waals surface area contributed by atoms with Crippen LogP contribution >= 0.6 is 11.8 Å². The van der Waals surface area contributed by atoms with Crippen LogP contribution in [0, 0.1) is 0 Å². The molecule has 1 nitrogen and oxygen atoms in total. The number of rotatable bonds is 1. The minimum atomic E-state index is 0.175. The topological polar surface area (TPSA) is 17.1 Å². The van der Waals surface area contributed by atoms with Crippen LogP contribution in [0.25, 0.3) is 0 Å². The van der Waals surface area contributed by atoms with E-state index in [0.717, 1.165) is 28.9 Å². The maximum absolute atomic E-state index is 12.6. The summed E-state index contributed by atoms with van der Waals surface area (Å²) >= 11 is 1.68. The van der Waals surface area contributed by atoms with Crippen LogP contribution in [-0.4, -0.2) is 12.0 Å². The van der Waals surface area contributed by atoms with E-state index in [1.165, 1.54) is 11.1 Å². The Labute approximate surface area is 111 Å². The minimum absolute atomic E-state index is 0.175. The van der Waals surface area contributed by atoms with E-state index < -0.39 is 0 Å². The van der Waals surface area contributed by atoms with Gasteiger partial charge in [-0.15, -0.1) is 11.8 Å². The molecule has 0 amide bonds. The van der Waals surface area contributed by atoms with Crippen molar-refractivity contribution in [3.05, 3.63) is 64.7 Å². The number of thioether (sulfide) groups is 1. The van der Waals surface area contributed by atoms with Gasteiger partial charge in [-0.2, -0.15) is 0 Å². The van der Waals surface area contributed by atoms with Crippen molar-refractivity contribution in [1.82, 2.24) is 0 Å². The summed E-state index contributed by atoms with van der Waals surface area (Å²) in [5.74, 6) is 0.175. The van der Waals surface area contributed by atoms with Gasteiger partial charge < -0.3 is 0 Å². The SMILES string of the molecule is CSc1ccc2c(c1)C(=O)c1ccccc1CC2. The van der Waals surface area contributed by atoms with Gasteiger partial charge in [0.15, 0.2) is 5.78 Å². The molecule has 0 bridgehead atoms. The number of fused-ring (bicyclic) bond motifs is 2. The lowest BCUT2D eigenvalue weighted by Gasteiger charge is -2.06. The van der Waals surface area contributed by atoms with Gasteiger partial charge in [0, 0.05) is 16.0 Å². The molecule has 0 fully saturated rings. The molecule has 0 atom stereocenters. The molecule has 0 saturated heterocycles. The van der Waals surface area contributed by atoms with Crippen molar-refractivity contribution in [1.29, 1.82) is 0 Å². The maximum Gasteiger partial charge on any atom is 0.193 e. The number of benzene rings is 2. The Morgan fingerprint density at radius 1 is 0.944 bits per heavy atom. The van der Waals surface area contributed by atoms with Crippen LogP contribution in [0.1, 0.15) is 27.0 Å². The second kappa shape index (κ2) is 4.62. The highest BCUT2D eigenvalue weighted by Gasteiger charge is 2.20. The van der Waals surface area contributed by atoms with Gasteiger partial charge in [0.25, 0.3) is 0 Å². The molecule has 2 heteroatoms. The molecular formula is C16H14OS. The second-order valence-corrected chi connectivity index (χ2v) is 5.39. The summed E-state index contributed by atoms with van der Waals surface area (Å²) in [6.07, 6.45) is 3.94. The van der Waals surface area contributed by atoms with Crippen LogP contribution in [0.5, 0.6) is 0 Å². The number of hydrogen-bond donors (Lipinski definition) is 0. The van der Waals surface area contributed by atoms with Gasteiger partial charge in [-0.3, -0.25) is 4.79 Å². The van der Waals surface area contributed by atoms with Crippen molar-refractivity contribution in [2.45, 2.75) is 17.7 Å². The summed E-state index contributed by atoms with van der Waals surface area (Å²) in [7, 11) is 0. The Kier molecular flexibility index (Phi) is 2.96. The fraction of sp³-hybridized carbons (Fsp3) is 0.188. The number of carbonyl (C=O) groups excluding carboxylic acids is 1. The maximum atomic E-state index is 12.6. The Morgan fingerprint density at radius 3 is 2.44 bits per heavy atom. The van der Waals surface area contributed by atoms with Crippen molar-refractivity contribution < 1.29 is 4.79 Å². The standard InChI is InChI=1S/C16H14OS/c1-18-13-9-8-12-7-6-11-4-2-3-5-14(11)16(17)15(12)10-13/h2-5,8-10H,6-7H2,1H3. The molecule has 2 aromatic rings. The van der Waals surface area contributed by atoms with Gasteiger partial charge in [0.2, 0.25) is 0 Å². The highest BCUT2D eigenvalue weighted by atomic mass is 32.2. The van der Waals surface area contributed by atoms with Gasteiger partial charge in [0.1, 0.15) is 0 Å². The van der Waals surface area contributed by atoms with Crippen LogP contribution in [-0.2, 0) is 12.8 Å². The van der Waals surface area contributed by atoms with Crippen molar-refractivity contribution in [3.8, 4) is 0 Å². The van der Waals surface area contributed by atoms with E-state index >= 15 is 0 Å². The predicted molar refractivity (Wildman–Crippen MR) is 75.5 cm³/mol. The van der Waals surface area contributed by atoms with Crippen molar-refractivity contribution in [3.63, 3.8) is 0 Å². The van der Waals surface area contributed by atoms with E-state index in [-0.39, 0.29) is 5.78 Å². The molecule has 0 unspecified atom stereocenters. The molecule has 0 aromatic heterocycles. The van der Waals surface area contributed by atoms with Crippen molar-refractivity contribution in [2.24, 2.45) is 0 Å². The summed E-state index contributed by atoms with van der Waals surface area (Å²) in [4.78, 5) is 13.7. The Bertz CT molecular complexity index is 616. The molecule has 0 radical (unpaired) electrons. The van der Waals surface area contributed by atoms with Crippen LogP contribution in [0.4, 0.5) is 0 Å². The zero-order valence-electron chi connectivity index (χ0n) is 10.3. The van der Waals surface area contributed by atoms with E-state index in [1.54, 1.807) is 11.8 Å². The Morgan fingerprint density at radius 2 is 1.67 bits per heavy atom. The van der Waals surface area contributed by atoms with Gasteiger partial charge in [0.05, 0.1) is 0 Å². The lowest BCUT2D eigenvalue weighted by atomic mass is 9.99. The molecule has 0 N–H and O–H groups in total. The Balaban J connectivity index is 2.17. The summed E-state index contributed by atoms with van der Waals surface area (Å²) in [6.45, 7) is 0. The van der Waals surface area contributed by atoms with Crippen LogP contribution in [0.2, 0.25) is 0 Å². The van der Waals surface area contributed by atoms with Gasteiger partial charge in [-0.1, -0.05) is 30.3 Å². The molecule has 0 aliphatic heterocycles. The number of ketones is 1. The lowest BCUT2D eigenvalue weighted by molar-refractivity contribution is 0.103. The third kappa shape index (κ3) is 1.87. The molecule has 90 valence electrons. The third-order valence-corrected chi connectivity index (χ3v) is 4.21. The molecule has 18 heavy (non-hydrogen) atoms. The van der Waals surface area contributed by atoms with Crippen molar-refractivity contribution >= 4 is 17.5 Å². The van der Waals surface area contributed by atoms with Crippen molar-refractivity contribution in [2.75, 3.05) is 6.26 Å². The average Bonchev–Trinajstić information content (AvgIpc) is 2.57. The smallest absolute Gasteiger partial charge is 0.193 e. The summed E-state index contributed by atoms with van der Waals surface area (Å²) in [5, 5.41) is 0. The van der Waals surface area contributed by atoms with Gasteiger partial charge in [-0.05, 0) is 42.4 Å². The zero-order valence-corrected chi connectivity index (χ0v) is 11.1. The first kappa shape index (κ1) is 11.5. The monoisotopic (exact) mass is 254 g/mol. The van der Waals surface area contributed by atoms with Crippen LogP contribution in [0.3, 0.4) is 0 Å². The van der Waals surface area contributed by atoms with Gasteiger partial charge in [-0.25, -0.2) is 0 Å². The molecule has 3 rings (SSSR count). The molecule has 0 spiro atoms. The second-order valence-electron chi connectivity index (χ2n) is 4.51. The number of carbonyl (C=O) groups is 1. The lowest BCUT2D eigenvalue weighted by Crippen LogP contribution is -2.04. The highest BCUT2D eigenvalue weighted by molar-refractivity contribution is 7.98. The average molecular weight is 254 g/mol. The fourth-order valence-corrected chi connectivity index (χ4v) is 2.93. The van der Waals surface area contributed by atoms with E-state index in [9.17, 15) is 4.79 Å². The molecule has 0 saturated carbocycles. The molecule has 0 heterocycles. The van der Waals surface area contributed by atoms with E-state index in [2.05, 4.69) is 18.2 Å². The molecular weight excluding hydrogens is 240 g/mol.